The van der Waals surface area contributed by atoms with Gasteiger partial charge in [0, 0.05) is 48.2 Å². The summed E-state index contributed by atoms with van der Waals surface area (Å²) in [6, 6.07) is 14.6. The molecule has 0 aliphatic carbocycles. The molecule has 3 aromatic rings. The maximum Gasteiger partial charge on any atom is 0.422 e. The van der Waals surface area contributed by atoms with E-state index < -0.39 is 12.8 Å². The van der Waals surface area contributed by atoms with Crippen LogP contribution in [0.4, 0.5) is 18.9 Å². The van der Waals surface area contributed by atoms with Crippen LogP contribution in [-0.4, -0.2) is 48.6 Å². The van der Waals surface area contributed by atoms with Gasteiger partial charge in [-0.25, -0.2) is 0 Å². The highest BCUT2D eigenvalue weighted by Gasteiger charge is 2.33. The molecule has 33 heavy (non-hydrogen) atoms. The number of hydrogen-bond donors (Lipinski definition) is 0. The van der Waals surface area contributed by atoms with Crippen molar-refractivity contribution in [1.82, 2.24) is 9.88 Å². The van der Waals surface area contributed by atoms with Crippen molar-refractivity contribution in [3.05, 3.63) is 77.5 Å². The van der Waals surface area contributed by atoms with Gasteiger partial charge in [-0.15, -0.1) is 0 Å². The standard InChI is InChI=1S/C24H20F3N3O3/c1-29(2)22(31)15-7-9-16(10-8-15)30-13-19-17(23(30)32)11-12-28-21(19)18-5-3-4-6-20(18)33-14-24(25,26)27/h3-12H,13-14H2,1-2H3. The fraction of sp³-hybridized carbons (Fsp3) is 0.208. The molecule has 2 heterocycles. The number of anilines is 1. The van der Waals surface area contributed by atoms with Crippen LogP contribution in [0.5, 0.6) is 5.75 Å². The van der Waals surface area contributed by atoms with Gasteiger partial charge in [0.2, 0.25) is 0 Å². The monoisotopic (exact) mass is 455 g/mol. The minimum absolute atomic E-state index is 0.0353. The fourth-order valence-electron chi connectivity index (χ4n) is 3.66. The fourth-order valence-corrected chi connectivity index (χ4v) is 3.66. The molecule has 1 aromatic heterocycles. The largest absolute Gasteiger partial charge is 0.483 e. The zero-order valence-corrected chi connectivity index (χ0v) is 17.9. The van der Waals surface area contributed by atoms with Crippen LogP contribution in [-0.2, 0) is 6.54 Å². The summed E-state index contributed by atoms with van der Waals surface area (Å²) in [4.78, 5) is 32.6. The highest BCUT2D eigenvalue weighted by molar-refractivity contribution is 6.11. The second kappa shape index (κ2) is 8.57. The Labute approximate surface area is 188 Å². The second-order valence-electron chi connectivity index (χ2n) is 7.72. The van der Waals surface area contributed by atoms with Gasteiger partial charge < -0.3 is 14.5 Å². The number of hydrogen-bond acceptors (Lipinski definition) is 4. The molecule has 6 nitrogen and oxygen atoms in total. The summed E-state index contributed by atoms with van der Waals surface area (Å²) in [5, 5.41) is 0. The first-order valence-electron chi connectivity index (χ1n) is 10.1. The maximum atomic E-state index is 13.1. The number of ether oxygens (including phenoxy) is 1. The number of fused-ring (bicyclic) bond motifs is 1. The summed E-state index contributed by atoms with van der Waals surface area (Å²) < 4.78 is 43.1. The molecule has 1 aliphatic rings. The third kappa shape index (κ3) is 4.52. The molecule has 2 amide bonds. The zero-order chi connectivity index (χ0) is 23.8. The molecule has 0 radical (unpaired) electrons. The van der Waals surface area contributed by atoms with E-state index in [1.165, 1.54) is 17.2 Å². The van der Waals surface area contributed by atoms with Gasteiger partial charge in [0.15, 0.2) is 6.61 Å². The molecule has 0 atom stereocenters. The predicted octanol–water partition coefficient (Wildman–Crippen LogP) is 4.55. The molecular formula is C24H20F3N3O3. The maximum absolute atomic E-state index is 13.1. The van der Waals surface area contributed by atoms with Crippen molar-refractivity contribution < 1.29 is 27.5 Å². The number of carbonyl (C=O) groups is 2. The molecule has 0 saturated heterocycles. The van der Waals surface area contributed by atoms with E-state index in [-0.39, 0.29) is 24.1 Å². The van der Waals surface area contributed by atoms with Crippen molar-refractivity contribution in [3.8, 4) is 17.0 Å². The Kier molecular flexibility index (Phi) is 5.80. The van der Waals surface area contributed by atoms with Gasteiger partial charge in [0.1, 0.15) is 5.75 Å². The van der Waals surface area contributed by atoms with E-state index in [2.05, 4.69) is 4.98 Å². The summed E-state index contributed by atoms with van der Waals surface area (Å²) in [7, 11) is 3.31. The molecule has 0 unspecified atom stereocenters. The minimum atomic E-state index is -4.48. The average molecular weight is 455 g/mol. The van der Waals surface area contributed by atoms with Gasteiger partial charge in [-0.1, -0.05) is 12.1 Å². The van der Waals surface area contributed by atoms with Gasteiger partial charge in [0.05, 0.1) is 12.2 Å². The van der Waals surface area contributed by atoms with E-state index in [0.717, 1.165) is 0 Å². The number of nitrogens with zero attached hydrogens (tertiary/aromatic N) is 3. The summed E-state index contributed by atoms with van der Waals surface area (Å²) >= 11 is 0. The molecule has 2 aromatic carbocycles. The Morgan fingerprint density at radius 1 is 1.06 bits per heavy atom. The Morgan fingerprint density at radius 2 is 1.76 bits per heavy atom. The molecular weight excluding hydrogens is 435 g/mol. The lowest BCUT2D eigenvalue weighted by Gasteiger charge is -2.17. The van der Waals surface area contributed by atoms with Crippen molar-refractivity contribution in [3.63, 3.8) is 0 Å². The molecule has 0 fully saturated rings. The SMILES string of the molecule is CN(C)C(=O)c1ccc(N2Cc3c(ccnc3-c3ccccc3OCC(F)(F)F)C2=O)cc1. The van der Waals surface area contributed by atoms with E-state index in [0.29, 0.717) is 33.6 Å². The lowest BCUT2D eigenvalue weighted by molar-refractivity contribution is -0.153. The van der Waals surface area contributed by atoms with E-state index in [1.54, 1.807) is 67.5 Å². The Morgan fingerprint density at radius 3 is 2.42 bits per heavy atom. The third-order valence-electron chi connectivity index (χ3n) is 5.21. The van der Waals surface area contributed by atoms with Crippen molar-refractivity contribution in [2.45, 2.75) is 12.7 Å². The first kappa shape index (κ1) is 22.3. The van der Waals surface area contributed by atoms with Crippen molar-refractivity contribution in [2.75, 3.05) is 25.6 Å². The quantitative estimate of drug-likeness (QED) is 0.566. The van der Waals surface area contributed by atoms with Crippen molar-refractivity contribution in [1.29, 1.82) is 0 Å². The van der Waals surface area contributed by atoms with E-state index >= 15 is 0 Å². The molecule has 1 aliphatic heterocycles. The number of para-hydroxylation sites is 1. The molecule has 0 N–H and O–H groups in total. The number of halogens is 3. The van der Waals surface area contributed by atoms with Crippen molar-refractivity contribution >= 4 is 17.5 Å². The van der Waals surface area contributed by atoms with Gasteiger partial charge in [-0.3, -0.25) is 14.6 Å². The highest BCUT2D eigenvalue weighted by Crippen LogP contribution is 2.37. The number of benzene rings is 2. The van der Waals surface area contributed by atoms with Gasteiger partial charge >= 0.3 is 6.18 Å². The Balaban J connectivity index is 1.66. The smallest absolute Gasteiger partial charge is 0.422 e. The summed E-state index contributed by atoms with van der Waals surface area (Å²) in [5.41, 5.74) is 2.86. The molecule has 170 valence electrons. The number of aromatic nitrogens is 1. The van der Waals surface area contributed by atoms with Gasteiger partial charge in [-0.2, -0.15) is 13.2 Å². The molecule has 0 bridgehead atoms. The first-order valence-corrected chi connectivity index (χ1v) is 10.1. The topological polar surface area (TPSA) is 62.7 Å². The Hall–Kier alpha value is -3.88. The number of rotatable bonds is 5. The number of pyridine rings is 1. The molecule has 4 rings (SSSR count). The second-order valence-corrected chi connectivity index (χ2v) is 7.72. The third-order valence-corrected chi connectivity index (χ3v) is 5.21. The van der Waals surface area contributed by atoms with Crippen LogP contribution in [0.2, 0.25) is 0 Å². The van der Waals surface area contributed by atoms with Crippen LogP contribution in [0, 0.1) is 0 Å². The normalized spacial score (nSPS) is 13.1. The molecule has 9 heteroatoms. The van der Waals surface area contributed by atoms with Gasteiger partial charge in [-0.05, 0) is 42.5 Å². The molecule has 0 saturated carbocycles. The van der Waals surface area contributed by atoms with Crippen LogP contribution in [0.25, 0.3) is 11.3 Å². The molecule has 0 spiro atoms. The summed E-state index contributed by atoms with van der Waals surface area (Å²) in [5.74, 6) is -0.373. The number of amides is 2. The Bertz CT molecular complexity index is 1210. The van der Waals surface area contributed by atoms with Crippen LogP contribution >= 0.6 is 0 Å². The summed E-state index contributed by atoms with van der Waals surface area (Å²) in [6.45, 7) is -1.24. The first-order chi connectivity index (χ1) is 15.7. The van der Waals surface area contributed by atoms with E-state index in [9.17, 15) is 22.8 Å². The average Bonchev–Trinajstić information content (AvgIpc) is 3.13. The highest BCUT2D eigenvalue weighted by atomic mass is 19.4. The van der Waals surface area contributed by atoms with Crippen LogP contribution in [0.1, 0.15) is 26.3 Å². The van der Waals surface area contributed by atoms with Crippen LogP contribution < -0.4 is 9.64 Å². The predicted molar refractivity (Wildman–Crippen MR) is 116 cm³/mol. The lowest BCUT2D eigenvalue weighted by Crippen LogP contribution is -2.24. The number of carbonyl (C=O) groups excluding carboxylic acids is 2. The van der Waals surface area contributed by atoms with E-state index in [4.69, 9.17) is 4.74 Å². The van der Waals surface area contributed by atoms with E-state index in [1.807, 2.05) is 0 Å². The number of alkyl halides is 3. The minimum Gasteiger partial charge on any atom is -0.483 e. The van der Waals surface area contributed by atoms with Crippen LogP contribution in [0.15, 0.2) is 60.8 Å². The van der Waals surface area contributed by atoms with Crippen LogP contribution in [0.3, 0.4) is 0 Å². The van der Waals surface area contributed by atoms with Gasteiger partial charge in [0.25, 0.3) is 11.8 Å². The van der Waals surface area contributed by atoms with Crippen molar-refractivity contribution in [2.24, 2.45) is 0 Å². The lowest BCUT2D eigenvalue weighted by atomic mass is 10.0. The zero-order valence-electron chi connectivity index (χ0n) is 17.9. The summed E-state index contributed by atoms with van der Waals surface area (Å²) in [6.07, 6.45) is -3.03.